The van der Waals surface area contributed by atoms with E-state index in [9.17, 15) is 9.59 Å². The first kappa shape index (κ1) is 12.2. The zero-order valence-electron chi connectivity index (χ0n) is 9.67. The number of esters is 1. The Hall–Kier alpha value is -0.860. The van der Waals surface area contributed by atoms with Crippen LogP contribution in [-0.4, -0.2) is 18.4 Å². The number of ketones is 1. The lowest BCUT2D eigenvalue weighted by Crippen LogP contribution is -2.36. The Morgan fingerprint density at radius 3 is 2.67 bits per heavy atom. The molecular weight excluding hydrogens is 192 g/mol. The summed E-state index contributed by atoms with van der Waals surface area (Å²) >= 11 is 0. The van der Waals surface area contributed by atoms with Gasteiger partial charge in [-0.15, -0.1) is 0 Å². The molecule has 0 amide bonds. The molecule has 1 unspecified atom stereocenters. The molecule has 0 heterocycles. The number of unbranched alkanes of at least 4 members (excludes halogenated alkanes) is 1. The number of carbonyl (C=O) groups excluding carboxylic acids is 2. The summed E-state index contributed by atoms with van der Waals surface area (Å²) in [6, 6.07) is 0. The third-order valence-corrected chi connectivity index (χ3v) is 3.16. The quantitative estimate of drug-likeness (QED) is 0.519. The normalized spacial score (nSPS) is 25.6. The van der Waals surface area contributed by atoms with Crippen molar-refractivity contribution in [3.8, 4) is 0 Å². The van der Waals surface area contributed by atoms with Gasteiger partial charge in [-0.3, -0.25) is 9.59 Å². The molecule has 0 spiro atoms. The summed E-state index contributed by atoms with van der Waals surface area (Å²) in [7, 11) is 0. The van der Waals surface area contributed by atoms with Crippen LogP contribution in [0.5, 0.6) is 0 Å². The second-order valence-corrected chi connectivity index (χ2v) is 4.18. The van der Waals surface area contributed by atoms with E-state index in [1.807, 2.05) is 0 Å². The minimum absolute atomic E-state index is 0.0920. The summed E-state index contributed by atoms with van der Waals surface area (Å²) < 4.78 is 5.04. The molecule has 1 rings (SSSR count). The van der Waals surface area contributed by atoms with Gasteiger partial charge < -0.3 is 4.74 Å². The third-order valence-electron chi connectivity index (χ3n) is 3.16. The van der Waals surface area contributed by atoms with Crippen LogP contribution in [0.25, 0.3) is 0 Å². The monoisotopic (exact) mass is 212 g/mol. The summed E-state index contributed by atoms with van der Waals surface area (Å²) in [6.45, 7) is 4.21. The molecule has 0 aliphatic heterocycles. The van der Waals surface area contributed by atoms with Crippen molar-refractivity contribution in [3.63, 3.8) is 0 Å². The number of rotatable bonds is 5. The van der Waals surface area contributed by atoms with Gasteiger partial charge in [-0.1, -0.05) is 19.8 Å². The number of ether oxygens (including phenoxy) is 1. The van der Waals surface area contributed by atoms with E-state index in [4.69, 9.17) is 4.74 Å². The van der Waals surface area contributed by atoms with Crippen molar-refractivity contribution in [2.45, 2.75) is 52.4 Å². The molecule has 0 radical (unpaired) electrons. The summed E-state index contributed by atoms with van der Waals surface area (Å²) in [5.74, 6) is -0.199. The molecule has 86 valence electrons. The van der Waals surface area contributed by atoms with Crippen LogP contribution >= 0.6 is 0 Å². The molecule has 1 aliphatic carbocycles. The van der Waals surface area contributed by atoms with Crippen LogP contribution in [-0.2, 0) is 14.3 Å². The second-order valence-electron chi connectivity index (χ2n) is 4.18. The van der Waals surface area contributed by atoms with Gasteiger partial charge in [0.25, 0.3) is 0 Å². The lowest BCUT2D eigenvalue weighted by Gasteiger charge is -2.24. The van der Waals surface area contributed by atoms with Gasteiger partial charge in [0.1, 0.15) is 11.2 Å². The van der Waals surface area contributed by atoms with E-state index in [-0.39, 0.29) is 11.8 Å². The maximum absolute atomic E-state index is 11.8. The molecule has 1 fully saturated rings. The van der Waals surface area contributed by atoms with Crippen LogP contribution < -0.4 is 0 Å². The molecule has 0 aromatic carbocycles. The standard InChI is InChI=1S/C12H20O3/c1-3-5-8-12(11(14)15-4-2)9-6-7-10(12)13/h3-9H2,1-2H3. The topological polar surface area (TPSA) is 43.4 Å². The highest BCUT2D eigenvalue weighted by molar-refractivity contribution is 6.05. The van der Waals surface area contributed by atoms with Gasteiger partial charge in [0, 0.05) is 6.42 Å². The highest BCUT2D eigenvalue weighted by Crippen LogP contribution is 2.40. The molecule has 0 aromatic rings. The van der Waals surface area contributed by atoms with Gasteiger partial charge in [-0.25, -0.2) is 0 Å². The third kappa shape index (κ3) is 2.39. The van der Waals surface area contributed by atoms with Gasteiger partial charge in [0.2, 0.25) is 0 Å². The molecular formula is C12H20O3. The van der Waals surface area contributed by atoms with Crippen LogP contribution in [0.1, 0.15) is 52.4 Å². The van der Waals surface area contributed by atoms with E-state index in [1.54, 1.807) is 6.92 Å². The van der Waals surface area contributed by atoms with E-state index in [1.165, 1.54) is 0 Å². The van der Waals surface area contributed by atoms with E-state index < -0.39 is 5.41 Å². The van der Waals surface area contributed by atoms with Crippen LogP contribution in [0.15, 0.2) is 0 Å². The summed E-state index contributed by atoms with van der Waals surface area (Å²) in [6.07, 6.45) is 4.66. The molecule has 0 saturated heterocycles. The van der Waals surface area contributed by atoms with Gasteiger partial charge in [0.15, 0.2) is 0 Å². The molecule has 1 saturated carbocycles. The predicted molar refractivity (Wildman–Crippen MR) is 57.4 cm³/mol. The second kappa shape index (κ2) is 5.29. The van der Waals surface area contributed by atoms with Gasteiger partial charge in [-0.05, 0) is 26.2 Å². The van der Waals surface area contributed by atoms with Crippen LogP contribution in [0, 0.1) is 5.41 Å². The molecule has 0 aromatic heterocycles. The number of hydrogen-bond acceptors (Lipinski definition) is 3. The Bertz CT molecular complexity index is 247. The first-order valence-electron chi connectivity index (χ1n) is 5.88. The largest absolute Gasteiger partial charge is 0.465 e. The predicted octanol–water partition coefficient (Wildman–Crippen LogP) is 2.48. The number of Topliss-reactive ketones (excluding diaryl/α,β-unsaturated/α-hetero) is 1. The Morgan fingerprint density at radius 2 is 2.20 bits per heavy atom. The fourth-order valence-corrected chi connectivity index (χ4v) is 2.26. The van der Waals surface area contributed by atoms with Crippen molar-refractivity contribution >= 4 is 11.8 Å². The van der Waals surface area contributed by atoms with Crippen LogP contribution in [0.3, 0.4) is 0 Å². The summed E-state index contributed by atoms with van der Waals surface area (Å²) in [5.41, 5.74) is -0.786. The highest BCUT2D eigenvalue weighted by Gasteiger charge is 2.48. The van der Waals surface area contributed by atoms with Crippen molar-refractivity contribution in [2.24, 2.45) is 5.41 Å². The molecule has 15 heavy (non-hydrogen) atoms. The fourth-order valence-electron chi connectivity index (χ4n) is 2.26. The molecule has 1 atom stereocenters. The lowest BCUT2D eigenvalue weighted by molar-refractivity contribution is -0.159. The first-order valence-corrected chi connectivity index (χ1v) is 5.88. The minimum Gasteiger partial charge on any atom is -0.465 e. The summed E-state index contributed by atoms with van der Waals surface area (Å²) in [4.78, 5) is 23.7. The Labute approximate surface area is 91.2 Å². The van der Waals surface area contributed by atoms with Crippen LogP contribution in [0.4, 0.5) is 0 Å². The van der Waals surface area contributed by atoms with Gasteiger partial charge in [-0.2, -0.15) is 0 Å². The Kier molecular flexibility index (Phi) is 4.30. The van der Waals surface area contributed by atoms with Crippen molar-refractivity contribution in [1.29, 1.82) is 0 Å². The molecule has 0 bridgehead atoms. The summed E-state index contributed by atoms with van der Waals surface area (Å²) in [5, 5.41) is 0. The van der Waals surface area contributed by atoms with E-state index in [0.29, 0.717) is 25.9 Å². The van der Waals surface area contributed by atoms with Crippen molar-refractivity contribution in [2.75, 3.05) is 6.61 Å². The first-order chi connectivity index (χ1) is 7.17. The Morgan fingerprint density at radius 1 is 1.47 bits per heavy atom. The minimum atomic E-state index is -0.786. The zero-order chi connectivity index (χ0) is 11.3. The van der Waals surface area contributed by atoms with Crippen molar-refractivity contribution in [1.82, 2.24) is 0 Å². The number of hydrogen-bond donors (Lipinski definition) is 0. The SMILES string of the molecule is CCCCC1(C(=O)OCC)CCCC1=O. The van der Waals surface area contributed by atoms with E-state index in [0.717, 1.165) is 19.3 Å². The smallest absolute Gasteiger partial charge is 0.319 e. The number of carbonyl (C=O) groups is 2. The van der Waals surface area contributed by atoms with E-state index >= 15 is 0 Å². The van der Waals surface area contributed by atoms with Gasteiger partial charge in [0.05, 0.1) is 6.61 Å². The van der Waals surface area contributed by atoms with E-state index in [2.05, 4.69) is 6.92 Å². The van der Waals surface area contributed by atoms with Crippen molar-refractivity contribution in [3.05, 3.63) is 0 Å². The van der Waals surface area contributed by atoms with Crippen molar-refractivity contribution < 1.29 is 14.3 Å². The van der Waals surface area contributed by atoms with Gasteiger partial charge >= 0.3 is 5.97 Å². The molecule has 0 N–H and O–H groups in total. The average molecular weight is 212 g/mol. The average Bonchev–Trinajstić information content (AvgIpc) is 2.58. The molecule has 3 heteroatoms. The van der Waals surface area contributed by atoms with Crippen LogP contribution in [0.2, 0.25) is 0 Å². The zero-order valence-corrected chi connectivity index (χ0v) is 9.67. The maximum Gasteiger partial charge on any atom is 0.319 e. The lowest BCUT2D eigenvalue weighted by atomic mass is 9.80. The highest BCUT2D eigenvalue weighted by atomic mass is 16.5. The molecule has 1 aliphatic rings. The molecule has 3 nitrogen and oxygen atoms in total. The fraction of sp³-hybridized carbons (Fsp3) is 0.833. The maximum atomic E-state index is 11.8. The Balaban J connectivity index is 2.76.